The van der Waals surface area contributed by atoms with Crippen LogP contribution < -0.4 is 0 Å². The van der Waals surface area contributed by atoms with Crippen molar-refractivity contribution in [2.45, 2.75) is 0 Å². The standard InChI is InChI=1S/C13H5ClFN3OS/c14-10-5-7(15)1-3-9(10)12-17-13(19-18-12)11-4-2-8(6-16)20-11/h1-5H. The molecule has 0 N–H and O–H groups in total. The van der Waals surface area contributed by atoms with E-state index in [9.17, 15) is 4.39 Å². The minimum Gasteiger partial charge on any atom is -0.333 e. The SMILES string of the molecule is N#Cc1ccc(-c2nc(-c3ccc(F)cc3Cl)no2)s1. The largest absolute Gasteiger partial charge is 0.333 e. The van der Waals surface area contributed by atoms with Gasteiger partial charge in [-0.3, -0.25) is 0 Å². The molecule has 0 bridgehead atoms. The minimum atomic E-state index is -0.431. The summed E-state index contributed by atoms with van der Waals surface area (Å²) >= 11 is 7.19. The number of hydrogen-bond donors (Lipinski definition) is 0. The monoisotopic (exact) mass is 305 g/mol. The highest BCUT2D eigenvalue weighted by molar-refractivity contribution is 7.15. The van der Waals surface area contributed by atoms with Gasteiger partial charge in [-0.05, 0) is 30.3 Å². The molecule has 0 aliphatic carbocycles. The zero-order valence-corrected chi connectivity index (χ0v) is 11.4. The van der Waals surface area contributed by atoms with Gasteiger partial charge in [-0.2, -0.15) is 10.2 Å². The summed E-state index contributed by atoms with van der Waals surface area (Å²) in [6, 6.07) is 9.39. The van der Waals surface area contributed by atoms with Crippen molar-refractivity contribution in [1.29, 1.82) is 5.26 Å². The van der Waals surface area contributed by atoms with E-state index in [0.29, 0.717) is 21.2 Å². The maximum absolute atomic E-state index is 13.0. The number of benzene rings is 1. The van der Waals surface area contributed by atoms with Gasteiger partial charge in [-0.1, -0.05) is 16.8 Å². The van der Waals surface area contributed by atoms with Gasteiger partial charge in [0.1, 0.15) is 16.8 Å². The number of aromatic nitrogens is 2. The molecule has 0 unspecified atom stereocenters. The number of hydrogen-bond acceptors (Lipinski definition) is 5. The molecule has 3 rings (SSSR count). The molecule has 98 valence electrons. The lowest BCUT2D eigenvalue weighted by molar-refractivity contribution is 0.433. The molecule has 0 spiro atoms. The van der Waals surface area contributed by atoms with E-state index in [1.54, 1.807) is 12.1 Å². The van der Waals surface area contributed by atoms with Crippen molar-refractivity contribution in [3.05, 3.63) is 46.0 Å². The van der Waals surface area contributed by atoms with Crippen molar-refractivity contribution in [1.82, 2.24) is 10.1 Å². The Morgan fingerprint density at radius 3 is 2.85 bits per heavy atom. The number of nitriles is 1. The molecular weight excluding hydrogens is 301 g/mol. The number of rotatable bonds is 2. The van der Waals surface area contributed by atoms with Gasteiger partial charge in [0.15, 0.2) is 0 Å². The van der Waals surface area contributed by atoms with E-state index in [0.717, 1.165) is 0 Å². The number of thiophene rings is 1. The van der Waals surface area contributed by atoms with Gasteiger partial charge in [0, 0.05) is 5.56 Å². The summed E-state index contributed by atoms with van der Waals surface area (Å²) in [7, 11) is 0. The van der Waals surface area contributed by atoms with E-state index in [2.05, 4.69) is 10.1 Å². The van der Waals surface area contributed by atoms with Crippen LogP contribution in [-0.2, 0) is 0 Å². The van der Waals surface area contributed by atoms with Crippen LogP contribution in [0.5, 0.6) is 0 Å². The van der Waals surface area contributed by atoms with Crippen molar-refractivity contribution in [2.75, 3.05) is 0 Å². The van der Waals surface area contributed by atoms with Crippen molar-refractivity contribution in [3.63, 3.8) is 0 Å². The van der Waals surface area contributed by atoms with E-state index >= 15 is 0 Å². The molecule has 0 atom stereocenters. The summed E-state index contributed by atoms with van der Waals surface area (Å²) < 4.78 is 18.1. The van der Waals surface area contributed by atoms with Gasteiger partial charge >= 0.3 is 0 Å². The summed E-state index contributed by atoms with van der Waals surface area (Å²) in [6.45, 7) is 0. The predicted octanol–water partition coefficient (Wildman–Crippen LogP) is 4.13. The Bertz CT molecular complexity index is 821. The summed E-state index contributed by atoms with van der Waals surface area (Å²) in [5.74, 6) is 0.142. The van der Waals surface area contributed by atoms with Crippen LogP contribution >= 0.6 is 22.9 Å². The lowest BCUT2D eigenvalue weighted by Gasteiger charge is -1.97. The zero-order chi connectivity index (χ0) is 14.1. The fourth-order valence-corrected chi connectivity index (χ4v) is 2.59. The van der Waals surface area contributed by atoms with Gasteiger partial charge < -0.3 is 4.52 Å². The Morgan fingerprint density at radius 1 is 1.30 bits per heavy atom. The maximum atomic E-state index is 13.0. The molecule has 0 amide bonds. The predicted molar refractivity (Wildman–Crippen MR) is 72.7 cm³/mol. The van der Waals surface area contributed by atoms with Crippen molar-refractivity contribution in [2.24, 2.45) is 0 Å². The molecular formula is C13H5ClFN3OS. The van der Waals surface area contributed by atoms with Crippen LogP contribution in [0, 0.1) is 17.1 Å². The molecule has 0 aliphatic rings. The molecule has 0 aliphatic heterocycles. The van der Waals surface area contributed by atoms with Crippen molar-refractivity contribution >= 4 is 22.9 Å². The Kier molecular flexibility index (Phi) is 3.22. The van der Waals surface area contributed by atoms with Crippen LogP contribution in [0.1, 0.15) is 4.88 Å². The molecule has 4 nitrogen and oxygen atoms in total. The third-order valence-corrected chi connectivity index (χ3v) is 3.82. The second-order valence-corrected chi connectivity index (χ2v) is 5.31. The molecule has 0 radical (unpaired) electrons. The molecule has 0 saturated carbocycles. The summed E-state index contributed by atoms with van der Waals surface area (Å²) in [5, 5.41) is 12.8. The molecule has 0 saturated heterocycles. The first-order valence-electron chi connectivity index (χ1n) is 5.47. The number of halogens is 2. The van der Waals surface area contributed by atoms with Crippen LogP contribution in [0.25, 0.3) is 22.2 Å². The van der Waals surface area contributed by atoms with Crippen molar-refractivity contribution < 1.29 is 8.91 Å². The molecule has 20 heavy (non-hydrogen) atoms. The van der Waals surface area contributed by atoms with Crippen molar-refractivity contribution in [3.8, 4) is 28.2 Å². The average molecular weight is 306 g/mol. The van der Waals surface area contributed by atoms with Crippen LogP contribution in [0.3, 0.4) is 0 Å². The number of nitrogens with zero attached hydrogens (tertiary/aromatic N) is 3. The smallest absolute Gasteiger partial charge is 0.268 e. The minimum absolute atomic E-state index is 0.209. The van der Waals surface area contributed by atoms with Gasteiger partial charge in [0.2, 0.25) is 5.82 Å². The highest BCUT2D eigenvalue weighted by Gasteiger charge is 2.15. The Balaban J connectivity index is 2.00. The molecule has 0 fully saturated rings. The first kappa shape index (κ1) is 12.8. The van der Waals surface area contributed by atoms with Gasteiger partial charge in [-0.25, -0.2) is 4.39 Å². The fourth-order valence-electron chi connectivity index (χ4n) is 1.62. The summed E-state index contributed by atoms with van der Waals surface area (Å²) in [5.41, 5.74) is 0.486. The average Bonchev–Trinajstić information content (AvgIpc) is 3.07. The Labute approximate surface area is 122 Å². The summed E-state index contributed by atoms with van der Waals surface area (Å²) in [6.07, 6.45) is 0. The maximum Gasteiger partial charge on any atom is 0.268 e. The van der Waals surface area contributed by atoms with Crippen LogP contribution in [0.2, 0.25) is 5.02 Å². The van der Waals surface area contributed by atoms with Gasteiger partial charge in [-0.15, -0.1) is 11.3 Å². The van der Waals surface area contributed by atoms with E-state index in [-0.39, 0.29) is 10.8 Å². The second-order valence-electron chi connectivity index (χ2n) is 3.82. The zero-order valence-electron chi connectivity index (χ0n) is 9.80. The fraction of sp³-hybridized carbons (Fsp3) is 0. The van der Waals surface area contributed by atoms with E-state index in [1.165, 1.54) is 29.5 Å². The second kappa shape index (κ2) is 5.04. The Morgan fingerprint density at radius 2 is 2.15 bits per heavy atom. The third-order valence-electron chi connectivity index (χ3n) is 2.53. The quantitative estimate of drug-likeness (QED) is 0.714. The highest BCUT2D eigenvalue weighted by Crippen LogP contribution is 2.31. The normalized spacial score (nSPS) is 10.4. The van der Waals surface area contributed by atoms with Crippen LogP contribution in [0.15, 0.2) is 34.9 Å². The Hall–Kier alpha value is -2.23. The van der Waals surface area contributed by atoms with Gasteiger partial charge in [0.05, 0.1) is 9.90 Å². The molecule has 1 aromatic carbocycles. The molecule has 3 aromatic rings. The molecule has 7 heteroatoms. The highest BCUT2D eigenvalue weighted by atomic mass is 35.5. The first-order valence-corrected chi connectivity index (χ1v) is 6.66. The van der Waals surface area contributed by atoms with E-state index in [1.807, 2.05) is 6.07 Å². The molecule has 2 aromatic heterocycles. The topological polar surface area (TPSA) is 62.7 Å². The molecule has 2 heterocycles. The third kappa shape index (κ3) is 2.29. The van der Waals surface area contributed by atoms with Crippen LogP contribution in [-0.4, -0.2) is 10.1 Å². The van der Waals surface area contributed by atoms with E-state index < -0.39 is 5.82 Å². The van der Waals surface area contributed by atoms with Gasteiger partial charge in [0.25, 0.3) is 5.89 Å². The lowest BCUT2D eigenvalue weighted by atomic mass is 10.2. The van der Waals surface area contributed by atoms with Crippen LogP contribution in [0.4, 0.5) is 4.39 Å². The lowest BCUT2D eigenvalue weighted by Crippen LogP contribution is -1.84. The van der Waals surface area contributed by atoms with E-state index in [4.69, 9.17) is 21.4 Å². The summed E-state index contributed by atoms with van der Waals surface area (Å²) in [4.78, 5) is 5.45. The first-order chi connectivity index (χ1) is 9.67.